The monoisotopic (exact) mass is 352 g/mol. The number of furan rings is 1. The van der Waals surface area contributed by atoms with Gasteiger partial charge in [0.25, 0.3) is 0 Å². The van der Waals surface area contributed by atoms with Gasteiger partial charge in [-0.05, 0) is 37.1 Å². The van der Waals surface area contributed by atoms with E-state index < -0.39 is 0 Å². The lowest BCUT2D eigenvalue weighted by Gasteiger charge is -2.31. The van der Waals surface area contributed by atoms with Crippen LogP contribution < -0.4 is 5.32 Å². The molecule has 1 saturated heterocycles. The van der Waals surface area contributed by atoms with Crippen molar-refractivity contribution < 1.29 is 13.7 Å². The number of aromatic nitrogens is 2. The number of aryl methyl sites for hydroxylation is 1. The number of piperidine rings is 1. The Balaban J connectivity index is 1.48. The van der Waals surface area contributed by atoms with E-state index in [0.29, 0.717) is 24.8 Å². The molecule has 0 saturated carbocycles. The highest BCUT2D eigenvalue weighted by Gasteiger charge is 2.28. The fourth-order valence-corrected chi connectivity index (χ4v) is 3.29. The molecule has 1 fully saturated rings. The van der Waals surface area contributed by atoms with Crippen molar-refractivity contribution in [2.45, 2.75) is 25.7 Å². The number of amides is 2. The number of nitrogens with zero attached hydrogens (tertiary/aromatic N) is 3. The molecule has 0 aliphatic carbocycles. The summed E-state index contributed by atoms with van der Waals surface area (Å²) in [5.74, 6) is 2.05. The standard InChI is InChI=1S/C19H20N4O3/c1-13-20-18(22-26-13)14-6-4-10-23(12-14)19(24)21-16-8-3-2-7-15(16)17-9-5-11-25-17/h2-3,5,7-9,11,14H,4,6,10,12H2,1H3,(H,21,24). The Hall–Kier alpha value is -3.09. The number of nitrogens with one attached hydrogen (secondary N) is 1. The van der Waals surface area contributed by atoms with Crippen molar-refractivity contribution in [1.82, 2.24) is 15.0 Å². The lowest BCUT2D eigenvalue weighted by Crippen LogP contribution is -2.41. The molecule has 1 N–H and O–H groups in total. The zero-order valence-corrected chi connectivity index (χ0v) is 14.5. The number of benzene rings is 1. The smallest absolute Gasteiger partial charge is 0.321 e. The van der Waals surface area contributed by atoms with E-state index in [0.717, 1.165) is 29.9 Å². The Morgan fingerprint density at radius 2 is 2.15 bits per heavy atom. The molecule has 0 radical (unpaired) electrons. The van der Waals surface area contributed by atoms with E-state index in [1.165, 1.54) is 0 Å². The highest BCUT2D eigenvalue weighted by Crippen LogP contribution is 2.29. The summed E-state index contributed by atoms with van der Waals surface area (Å²) in [4.78, 5) is 18.9. The Bertz CT molecular complexity index is 888. The van der Waals surface area contributed by atoms with Crippen LogP contribution in [0.1, 0.15) is 30.5 Å². The van der Waals surface area contributed by atoms with Crippen LogP contribution in [0.15, 0.2) is 51.6 Å². The third kappa shape index (κ3) is 3.33. The first-order chi connectivity index (χ1) is 12.7. The second kappa shape index (κ2) is 7.03. The summed E-state index contributed by atoms with van der Waals surface area (Å²) >= 11 is 0. The number of hydrogen-bond donors (Lipinski definition) is 1. The zero-order chi connectivity index (χ0) is 17.9. The van der Waals surface area contributed by atoms with Crippen molar-refractivity contribution in [3.8, 4) is 11.3 Å². The Morgan fingerprint density at radius 3 is 2.92 bits per heavy atom. The van der Waals surface area contributed by atoms with Crippen molar-refractivity contribution in [2.24, 2.45) is 0 Å². The van der Waals surface area contributed by atoms with Gasteiger partial charge in [-0.25, -0.2) is 4.79 Å². The van der Waals surface area contributed by atoms with Crippen molar-refractivity contribution in [3.63, 3.8) is 0 Å². The molecule has 1 aliphatic rings. The van der Waals surface area contributed by atoms with Gasteiger partial charge in [0.15, 0.2) is 5.82 Å². The number of carbonyl (C=O) groups is 1. The highest BCUT2D eigenvalue weighted by molar-refractivity contribution is 5.93. The fourth-order valence-electron chi connectivity index (χ4n) is 3.29. The molecule has 26 heavy (non-hydrogen) atoms. The van der Waals surface area contributed by atoms with Crippen LogP contribution in [0.5, 0.6) is 0 Å². The van der Waals surface area contributed by atoms with E-state index in [9.17, 15) is 4.79 Å². The maximum absolute atomic E-state index is 12.8. The minimum absolute atomic E-state index is 0.104. The van der Waals surface area contributed by atoms with Gasteiger partial charge < -0.3 is 19.2 Å². The third-order valence-corrected chi connectivity index (χ3v) is 4.57. The third-order valence-electron chi connectivity index (χ3n) is 4.57. The molecule has 134 valence electrons. The Morgan fingerprint density at radius 1 is 1.27 bits per heavy atom. The molecular weight excluding hydrogens is 332 g/mol. The summed E-state index contributed by atoms with van der Waals surface area (Å²) in [7, 11) is 0. The molecule has 2 aromatic heterocycles. The summed E-state index contributed by atoms with van der Waals surface area (Å²) in [5.41, 5.74) is 1.58. The maximum Gasteiger partial charge on any atom is 0.321 e. The van der Waals surface area contributed by atoms with Crippen LogP contribution in [-0.4, -0.2) is 34.2 Å². The fraction of sp³-hybridized carbons (Fsp3) is 0.316. The van der Waals surface area contributed by atoms with Gasteiger partial charge in [-0.2, -0.15) is 4.98 Å². The van der Waals surface area contributed by atoms with Gasteiger partial charge in [0.05, 0.1) is 12.0 Å². The molecule has 0 bridgehead atoms. The maximum atomic E-state index is 12.8. The molecule has 0 spiro atoms. The van der Waals surface area contributed by atoms with Gasteiger partial charge in [-0.15, -0.1) is 0 Å². The zero-order valence-electron chi connectivity index (χ0n) is 14.5. The normalized spacial score (nSPS) is 17.3. The summed E-state index contributed by atoms with van der Waals surface area (Å²) in [6.45, 7) is 3.06. The van der Waals surface area contributed by atoms with Crippen LogP contribution in [0.3, 0.4) is 0 Å². The minimum atomic E-state index is -0.131. The number of carbonyl (C=O) groups excluding carboxylic acids is 1. The van der Waals surface area contributed by atoms with E-state index in [2.05, 4.69) is 15.5 Å². The highest BCUT2D eigenvalue weighted by atomic mass is 16.5. The molecule has 1 aromatic carbocycles. The number of likely N-dealkylation sites (tertiary alicyclic amines) is 1. The van der Waals surface area contributed by atoms with E-state index in [4.69, 9.17) is 8.94 Å². The molecule has 7 nitrogen and oxygen atoms in total. The van der Waals surface area contributed by atoms with E-state index >= 15 is 0 Å². The number of urea groups is 1. The quantitative estimate of drug-likeness (QED) is 0.769. The van der Waals surface area contributed by atoms with Crippen molar-refractivity contribution in [3.05, 3.63) is 54.4 Å². The topological polar surface area (TPSA) is 84.4 Å². The van der Waals surface area contributed by atoms with Crippen LogP contribution in [0, 0.1) is 6.92 Å². The lowest BCUT2D eigenvalue weighted by molar-refractivity contribution is 0.190. The Labute approximate surface area is 151 Å². The van der Waals surface area contributed by atoms with E-state index in [-0.39, 0.29) is 11.9 Å². The molecule has 4 rings (SSSR count). The first kappa shape index (κ1) is 16.4. The Kier molecular flexibility index (Phi) is 4.43. The van der Waals surface area contributed by atoms with Gasteiger partial charge in [-0.3, -0.25) is 0 Å². The number of anilines is 1. The summed E-state index contributed by atoms with van der Waals surface area (Å²) < 4.78 is 10.5. The predicted molar refractivity (Wildman–Crippen MR) is 95.7 cm³/mol. The van der Waals surface area contributed by atoms with Crippen molar-refractivity contribution in [2.75, 3.05) is 18.4 Å². The van der Waals surface area contributed by atoms with Crippen LogP contribution in [-0.2, 0) is 0 Å². The lowest BCUT2D eigenvalue weighted by atomic mass is 9.97. The average molecular weight is 352 g/mol. The van der Waals surface area contributed by atoms with Crippen molar-refractivity contribution in [1.29, 1.82) is 0 Å². The average Bonchev–Trinajstić information content (AvgIpc) is 3.34. The van der Waals surface area contributed by atoms with Crippen LogP contribution >= 0.6 is 0 Å². The summed E-state index contributed by atoms with van der Waals surface area (Å²) in [6.07, 6.45) is 3.48. The number of rotatable bonds is 3. The minimum Gasteiger partial charge on any atom is -0.464 e. The molecule has 1 unspecified atom stereocenters. The number of para-hydroxylation sites is 1. The van der Waals surface area contributed by atoms with Crippen LogP contribution in [0.2, 0.25) is 0 Å². The SMILES string of the molecule is Cc1nc(C2CCCN(C(=O)Nc3ccccc3-c3ccco3)C2)no1. The molecule has 1 atom stereocenters. The second-order valence-electron chi connectivity index (χ2n) is 6.41. The molecule has 7 heteroatoms. The first-order valence-electron chi connectivity index (χ1n) is 8.70. The predicted octanol–water partition coefficient (Wildman–Crippen LogP) is 4.05. The van der Waals surface area contributed by atoms with E-state index in [1.54, 1.807) is 18.1 Å². The number of hydrogen-bond acceptors (Lipinski definition) is 5. The van der Waals surface area contributed by atoms with Crippen molar-refractivity contribution >= 4 is 11.7 Å². The first-order valence-corrected chi connectivity index (χ1v) is 8.70. The molecule has 1 aliphatic heterocycles. The van der Waals surface area contributed by atoms with Gasteiger partial charge in [0.2, 0.25) is 5.89 Å². The van der Waals surface area contributed by atoms with Crippen LogP contribution in [0.4, 0.5) is 10.5 Å². The molecule has 3 heterocycles. The molecular formula is C19H20N4O3. The summed E-state index contributed by atoms with van der Waals surface area (Å²) in [5, 5.41) is 7.02. The molecule has 2 amide bonds. The van der Waals surface area contributed by atoms with Gasteiger partial charge >= 0.3 is 6.03 Å². The van der Waals surface area contributed by atoms with Crippen LogP contribution in [0.25, 0.3) is 11.3 Å². The molecule has 3 aromatic rings. The largest absolute Gasteiger partial charge is 0.464 e. The van der Waals surface area contributed by atoms with Gasteiger partial charge in [0.1, 0.15) is 5.76 Å². The summed E-state index contributed by atoms with van der Waals surface area (Å²) in [6, 6.07) is 11.2. The second-order valence-corrected chi connectivity index (χ2v) is 6.41. The van der Waals surface area contributed by atoms with E-state index in [1.807, 2.05) is 36.4 Å². The van der Waals surface area contributed by atoms with Gasteiger partial charge in [0, 0.05) is 31.5 Å². The van der Waals surface area contributed by atoms with Gasteiger partial charge in [-0.1, -0.05) is 17.3 Å².